The summed E-state index contributed by atoms with van der Waals surface area (Å²) in [5.41, 5.74) is 7.17. The van der Waals surface area contributed by atoms with Crippen LogP contribution in [0.15, 0.2) is 170 Å². The average molecular weight is 917 g/mol. The van der Waals surface area contributed by atoms with Gasteiger partial charge in [-0.2, -0.15) is 6.07 Å². The molecule has 0 aliphatic carbocycles. The van der Waals surface area contributed by atoms with Crippen LogP contribution in [0.5, 0.6) is 11.5 Å². The fourth-order valence-electron chi connectivity index (χ4n) is 6.86. The summed E-state index contributed by atoms with van der Waals surface area (Å²) in [4.78, 5) is 19.9. The summed E-state index contributed by atoms with van der Waals surface area (Å²) in [5, 5.41) is 1.99. The molecule has 3 aromatic heterocycles. The van der Waals surface area contributed by atoms with Crippen molar-refractivity contribution in [2.24, 2.45) is 0 Å². The smallest absolute Gasteiger partial charge is 0.508 e. The maximum Gasteiger partial charge on any atom is 2.00 e. The Labute approximate surface area is 343 Å². The van der Waals surface area contributed by atoms with Gasteiger partial charge < -0.3 is 9.30 Å². The summed E-state index contributed by atoms with van der Waals surface area (Å²) < 4.78 is 12.8. The first kappa shape index (κ1) is 35.6. The molecular formula is C48H31N7OPt+2. The van der Waals surface area contributed by atoms with E-state index in [-0.39, 0.29) is 21.1 Å². The molecule has 0 radical (unpaired) electrons. The summed E-state index contributed by atoms with van der Waals surface area (Å²) >= 11 is 0. The van der Waals surface area contributed by atoms with E-state index in [9.17, 15) is 0 Å². The second-order valence-electron chi connectivity index (χ2n) is 13.3. The van der Waals surface area contributed by atoms with Crippen LogP contribution < -0.4 is 4.74 Å². The first-order valence-electron chi connectivity index (χ1n) is 18.2. The fraction of sp³-hybridized carbons (Fsp3) is 0.0208. The zero-order chi connectivity index (χ0) is 37.4. The Morgan fingerprint density at radius 2 is 1.28 bits per heavy atom. The molecule has 9 aromatic rings. The minimum Gasteiger partial charge on any atom is -0.508 e. The van der Waals surface area contributed by atoms with E-state index in [0.29, 0.717) is 34.5 Å². The molecular weight excluding hydrogens is 886 g/mol. The SMILES string of the molecule is Cc1ccc([N+]2=C=[N+](c3[c-]c(Oc4[c-]c5c(cc4-c4nc(-c6ccccc6)nc(-c6ccccc6)n4)c4ccccc4n5-c4ccccn4)ccc3)C=C2)cc1.[Pt+2]. The van der Waals surface area contributed by atoms with Gasteiger partial charge in [0.1, 0.15) is 17.3 Å². The molecule has 0 bridgehead atoms. The van der Waals surface area contributed by atoms with Crippen molar-refractivity contribution in [3.8, 4) is 51.5 Å². The summed E-state index contributed by atoms with van der Waals surface area (Å²) in [7, 11) is 0. The number of benzene rings is 6. The molecule has 0 unspecified atom stereocenters. The Hall–Kier alpha value is -7.11. The second-order valence-corrected chi connectivity index (χ2v) is 13.3. The van der Waals surface area contributed by atoms with Crippen molar-refractivity contribution in [3.05, 3.63) is 188 Å². The molecule has 0 atom stereocenters. The van der Waals surface area contributed by atoms with E-state index < -0.39 is 0 Å². The Bertz CT molecular complexity index is 2970. The number of aromatic nitrogens is 5. The van der Waals surface area contributed by atoms with Crippen molar-refractivity contribution >= 4 is 39.2 Å². The molecule has 4 heterocycles. The van der Waals surface area contributed by atoms with E-state index in [1.54, 1.807) is 6.20 Å². The first-order chi connectivity index (χ1) is 27.6. The van der Waals surface area contributed by atoms with Crippen LogP contribution >= 0.6 is 0 Å². The predicted octanol–water partition coefficient (Wildman–Crippen LogP) is 10.7. The van der Waals surface area contributed by atoms with Crippen molar-refractivity contribution < 1.29 is 35.0 Å². The molecule has 1 aliphatic heterocycles. The normalized spacial score (nSPS) is 12.0. The van der Waals surface area contributed by atoms with Crippen molar-refractivity contribution in [1.29, 1.82) is 0 Å². The number of pyridine rings is 1. The largest absolute Gasteiger partial charge is 2.00 e. The quantitative estimate of drug-likeness (QED) is 0.112. The Kier molecular flexibility index (Phi) is 9.49. The second kappa shape index (κ2) is 15.2. The van der Waals surface area contributed by atoms with Crippen LogP contribution in [0.3, 0.4) is 0 Å². The van der Waals surface area contributed by atoms with Gasteiger partial charge in [0.2, 0.25) is 5.69 Å². The zero-order valence-corrected chi connectivity index (χ0v) is 32.8. The molecule has 0 saturated heterocycles. The molecule has 8 nitrogen and oxygen atoms in total. The molecule has 57 heavy (non-hydrogen) atoms. The number of rotatable bonds is 8. The minimum atomic E-state index is 0. The van der Waals surface area contributed by atoms with Crippen LogP contribution in [-0.4, -0.2) is 39.7 Å². The van der Waals surface area contributed by atoms with Gasteiger partial charge in [0.15, 0.2) is 11.6 Å². The first-order valence-corrected chi connectivity index (χ1v) is 18.2. The van der Waals surface area contributed by atoms with Crippen molar-refractivity contribution in [2.75, 3.05) is 0 Å². The van der Waals surface area contributed by atoms with E-state index in [2.05, 4.69) is 72.1 Å². The van der Waals surface area contributed by atoms with Crippen LogP contribution in [0.4, 0.5) is 11.4 Å². The van der Waals surface area contributed by atoms with Gasteiger partial charge in [-0.15, -0.1) is 23.6 Å². The van der Waals surface area contributed by atoms with Gasteiger partial charge >= 0.3 is 27.1 Å². The number of hydrogen-bond acceptors (Lipinski definition) is 5. The number of aryl methyl sites for hydroxylation is 1. The van der Waals surface area contributed by atoms with Crippen LogP contribution in [0.25, 0.3) is 61.8 Å². The third kappa shape index (κ3) is 6.89. The number of hydrogen-bond donors (Lipinski definition) is 0. The van der Waals surface area contributed by atoms with Gasteiger partial charge in [-0.05, 0) is 36.1 Å². The Morgan fingerprint density at radius 1 is 0.614 bits per heavy atom. The molecule has 1 aliphatic rings. The molecule has 0 amide bonds. The van der Waals surface area contributed by atoms with E-state index in [1.165, 1.54) is 5.56 Å². The maximum atomic E-state index is 6.84. The van der Waals surface area contributed by atoms with Gasteiger partial charge in [-0.1, -0.05) is 129 Å². The van der Waals surface area contributed by atoms with Crippen molar-refractivity contribution in [1.82, 2.24) is 24.5 Å². The number of fused-ring (bicyclic) bond motifs is 3. The third-order valence-corrected chi connectivity index (χ3v) is 9.61. The van der Waals surface area contributed by atoms with E-state index in [1.807, 2.05) is 131 Å². The van der Waals surface area contributed by atoms with Crippen LogP contribution in [0.1, 0.15) is 5.56 Å². The maximum absolute atomic E-state index is 6.84. The monoisotopic (exact) mass is 916 g/mol. The number of ether oxygens (including phenoxy) is 1. The van der Waals surface area contributed by atoms with Gasteiger partial charge in [0.25, 0.3) is 12.4 Å². The molecule has 10 rings (SSSR count). The third-order valence-electron chi connectivity index (χ3n) is 9.61. The Morgan fingerprint density at radius 3 is 2.00 bits per heavy atom. The molecule has 6 aromatic carbocycles. The average Bonchev–Trinajstić information content (AvgIpc) is 3.88. The molecule has 0 N–H and O–H groups in total. The summed E-state index contributed by atoms with van der Waals surface area (Å²) in [6, 6.07) is 60.8. The zero-order valence-electron chi connectivity index (χ0n) is 30.5. The Balaban J connectivity index is 0.00000422. The number of para-hydroxylation sites is 1. The topological polar surface area (TPSA) is 71.7 Å². The molecule has 0 saturated carbocycles. The minimum absolute atomic E-state index is 0. The summed E-state index contributed by atoms with van der Waals surface area (Å²) in [6.45, 7) is 2.08. The van der Waals surface area contributed by atoms with Gasteiger partial charge in [0.05, 0.1) is 0 Å². The van der Waals surface area contributed by atoms with Crippen molar-refractivity contribution in [2.45, 2.75) is 6.92 Å². The molecule has 0 spiro atoms. The van der Waals surface area contributed by atoms with Crippen molar-refractivity contribution in [3.63, 3.8) is 0 Å². The van der Waals surface area contributed by atoms with E-state index in [4.69, 9.17) is 24.7 Å². The standard InChI is InChI=1S/C48H31N7O.Pt/c1-33-22-24-36(25-23-33)53-27-28-54(32-53)37-17-12-18-38(29-37)56-44-31-43-40(39-19-8-9-20-42(39)55(43)45-21-10-11-26-49-45)30-41(44)48-51-46(34-13-4-2-5-14-34)50-47(52-48)35-15-6-3-7-16-35;/h2-28,30H,1H3;/q;+2. The summed E-state index contributed by atoms with van der Waals surface area (Å²) in [5.74, 6) is 3.25. The van der Waals surface area contributed by atoms with Gasteiger partial charge in [-0.3, -0.25) is 0 Å². The summed E-state index contributed by atoms with van der Waals surface area (Å²) in [6.07, 6.45) is 5.72. The van der Waals surface area contributed by atoms with Crippen LogP contribution in [-0.2, 0) is 21.1 Å². The van der Waals surface area contributed by atoms with Gasteiger partial charge in [0, 0.05) is 46.5 Å². The molecule has 0 fully saturated rings. The van der Waals surface area contributed by atoms with Gasteiger partial charge in [-0.25, -0.2) is 19.9 Å². The molecule has 272 valence electrons. The predicted molar refractivity (Wildman–Crippen MR) is 218 cm³/mol. The molecule has 9 heteroatoms. The van der Waals surface area contributed by atoms with E-state index in [0.717, 1.165) is 50.1 Å². The van der Waals surface area contributed by atoms with Crippen LogP contribution in [0.2, 0.25) is 0 Å². The fourth-order valence-corrected chi connectivity index (χ4v) is 6.86. The van der Waals surface area contributed by atoms with Crippen LogP contribution in [0, 0.1) is 19.1 Å². The number of nitrogens with zero attached hydrogens (tertiary/aromatic N) is 7. The van der Waals surface area contributed by atoms with E-state index >= 15 is 0 Å².